The summed E-state index contributed by atoms with van der Waals surface area (Å²) in [5.41, 5.74) is 2.31. The summed E-state index contributed by atoms with van der Waals surface area (Å²) in [6.45, 7) is 5.31. The minimum Gasteiger partial charge on any atom is -0.497 e. The molecule has 7 heteroatoms. The predicted molar refractivity (Wildman–Crippen MR) is 122 cm³/mol. The van der Waals surface area contributed by atoms with Crippen LogP contribution >= 0.6 is 11.6 Å². The van der Waals surface area contributed by atoms with Crippen molar-refractivity contribution in [3.8, 4) is 11.5 Å². The van der Waals surface area contributed by atoms with E-state index < -0.39 is 0 Å². The van der Waals surface area contributed by atoms with E-state index in [2.05, 4.69) is 34.9 Å². The molecule has 1 aliphatic rings. The molecule has 3 rings (SSSR count). The summed E-state index contributed by atoms with van der Waals surface area (Å²) < 4.78 is 15.8. The molecule has 1 saturated heterocycles. The normalized spacial score (nSPS) is 19.8. The zero-order valence-corrected chi connectivity index (χ0v) is 19.4. The van der Waals surface area contributed by atoms with Gasteiger partial charge in [0.05, 0.1) is 27.8 Å². The lowest BCUT2D eigenvalue weighted by molar-refractivity contribution is -0.141. The van der Waals surface area contributed by atoms with E-state index in [-0.39, 0.29) is 12.0 Å². The maximum Gasteiger partial charge on any atom is 0.306 e. The lowest BCUT2D eigenvalue weighted by Gasteiger charge is -2.45. The number of halogens is 1. The second kappa shape index (κ2) is 10.8. The van der Waals surface area contributed by atoms with E-state index in [9.17, 15) is 4.79 Å². The summed E-state index contributed by atoms with van der Waals surface area (Å²) >= 11 is 6.13. The van der Waals surface area contributed by atoms with Gasteiger partial charge in [0.15, 0.2) is 0 Å². The van der Waals surface area contributed by atoms with Gasteiger partial charge < -0.3 is 14.2 Å². The number of ether oxygens (including phenoxy) is 3. The fourth-order valence-electron chi connectivity index (χ4n) is 4.13. The first-order valence-corrected chi connectivity index (χ1v) is 10.8. The molecule has 0 aliphatic carbocycles. The van der Waals surface area contributed by atoms with Gasteiger partial charge in [0, 0.05) is 54.9 Å². The van der Waals surface area contributed by atoms with Crippen LogP contribution in [0.5, 0.6) is 11.5 Å². The molecule has 0 aromatic heterocycles. The summed E-state index contributed by atoms with van der Waals surface area (Å²) in [6, 6.07) is 14.4. The summed E-state index contributed by atoms with van der Waals surface area (Å²) in [6.07, 6.45) is 0.389. The van der Waals surface area contributed by atoms with Crippen LogP contribution in [0, 0.1) is 0 Å². The maximum atomic E-state index is 11.7. The number of esters is 1. The van der Waals surface area contributed by atoms with E-state index in [1.807, 2.05) is 24.3 Å². The van der Waals surface area contributed by atoms with Crippen LogP contribution in [0.2, 0.25) is 5.02 Å². The molecular formula is C24H31ClN2O4. The first-order chi connectivity index (χ1) is 14.9. The van der Waals surface area contributed by atoms with Gasteiger partial charge in [-0.15, -0.1) is 0 Å². The Bertz CT molecular complexity index is 874. The van der Waals surface area contributed by atoms with E-state index >= 15 is 0 Å². The SMILES string of the molecule is COC(=O)CCN1C[C@H](c2ccc(Cl)cc2)N(Cc2ccc(OC)cc2OC)C[C@H]1C. The highest BCUT2D eigenvalue weighted by Crippen LogP contribution is 2.33. The highest BCUT2D eigenvalue weighted by Gasteiger charge is 2.33. The van der Waals surface area contributed by atoms with Crippen molar-refractivity contribution in [3.63, 3.8) is 0 Å². The Morgan fingerprint density at radius 1 is 1.03 bits per heavy atom. The molecule has 2 atom stereocenters. The van der Waals surface area contributed by atoms with Crippen molar-refractivity contribution in [2.45, 2.75) is 32.0 Å². The molecule has 0 N–H and O–H groups in total. The molecule has 0 bridgehead atoms. The Morgan fingerprint density at radius 3 is 2.42 bits per heavy atom. The Balaban J connectivity index is 1.85. The number of piperazine rings is 1. The molecule has 1 fully saturated rings. The summed E-state index contributed by atoms with van der Waals surface area (Å²) in [5.74, 6) is 1.41. The molecule has 31 heavy (non-hydrogen) atoms. The Labute approximate surface area is 189 Å². The van der Waals surface area contributed by atoms with Gasteiger partial charge in [0.25, 0.3) is 0 Å². The largest absolute Gasteiger partial charge is 0.497 e. The van der Waals surface area contributed by atoms with E-state index in [1.165, 1.54) is 12.7 Å². The molecule has 0 spiro atoms. The van der Waals surface area contributed by atoms with Crippen LogP contribution in [0.4, 0.5) is 0 Å². The topological polar surface area (TPSA) is 51.2 Å². The van der Waals surface area contributed by atoms with Crippen LogP contribution < -0.4 is 9.47 Å². The van der Waals surface area contributed by atoms with Crippen molar-refractivity contribution in [3.05, 3.63) is 58.6 Å². The van der Waals surface area contributed by atoms with E-state index in [4.69, 9.17) is 25.8 Å². The number of carbonyl (C=O) groups excluding carboxylic acids is 1. The molecule has 1 aliphatic heterocycles. The standard InChI is InChI=1S/C24H31ClN2O4/c1-17-14-27(15-19-7-10-21(29-2)13-23(19)30-3)22(18-5-8-20(25)9-6-18)16-26(17)12-11-24(28)31-4/h5-10,13,17,22H,11-12,14-16H2,1-4H3/t17-,22-/m1/s1. The van der Waals surface area contributed by atoms with Gasteiger partial charge in [0.1, 0.15) is 11.5 Å². The monoisotopic (exact) mass is 446 g/mol. The molecule has 6 nitrogen and oxygen atoms in total. The number of benzene rings is 2. The highest BCUT2D eigenvalue weighted by atomic mass is 35.5. The number of carbonyl (C=O) groups is 1. The van der Waals surface area contributed by atoms with Crippen LogP contribution in [0.3, 0.4) is 0 Å². The van der Waals surface area contributed by atoms with Gasteiger partial charge in [-0.25, -0.2) is 0 Å². The van der Waals surface area contributed by atoms with Crippen molar-refractivity contribution in [2.75, 3.05) is 41.0 Å². The van der Waals surface area contributed by atoms with Crippen molar-refractivity contribution in [1.82, 2.24) is 9.80 Å². The van der Waals surface area contributed by atoms with Crippen LogP contribution in [0.25, 0.3) is 0 Å². The van der Waals surface area contributed by atoms with E-state index in [0.29, 0.717) is 19.0 Å². The van der Waals surface area contributed by atoms with Crippen molar-refractivity contribution < 1.29 is 19.0 Å². The summed E-state index contributed by atoms with van der Waals surface area (Å²) in [5, 5.41) is 0.721. The molecule has 0 radical (unpaired) electrons. The average molecular weight is 447 g/mol. The second-order valence-electron chi connectivity index (χ2n) is 7.84. The molecule has 1 heterocycles. The average Bonchev–Trinajstić information content (AvgIpc) is 2.79. The molecule has 168 valence electrons. The Morgan fingerprint density at radius 2 is 1.77 bits per heavy atom. The second-order valence-corrected chi connectivity index (χ2v) is 8.28. The van der Waals surface area contributed by atoms with Gasteiger partial charge in [-0.3, -0.25) is 14.6 Å². The third-order valence-corrected chi connectivity index (χ3v) is 6.18. The lowest BCUT2D eigenvalue weighted by atomic mass is 9.98. The zero-order chi connectivity index (χ0) is 22.4. The minimum absolute atomic E-state index is 0.165. The third kappa shape index (κ3) is 5.91. The molecule has 0 saturated carbocycles. The van der Waals surface area contributed by atoms with Gasteiger partial charge in [-0.1, -0.05) is 29.8 Å². The number of hydrogen-bond donors (Lipinski definition) is 0. The van der Waals surface area contributed by atoms with Gasteiger partial charge >= 0.3 is 5.97 Å². The Hall–Kier alpha value is -2.28. The number of nitrogens with zero attached hydrogens (tertiary/aromatic N) is 2. The fourth-order valence-corrected chi connectivity index (χ4v) is 4.25. The molecule has 2 aromatic rings. The minimum atomic E-state index is -0.180. The maximum absolute atomic E-state index is 11.7. The number of methoxy groups -OCH3 is 3. The quantitative estimate of drug-likeness (QED) is 0.567. The number of rotatable bonds is 8. The van der Waals surface area contributed by atoms with Crippen molar-refractivity contribution in [1.29, 1.82) is 0 Å². The van der Waals surface area contributed by atoms with Crippen molar-refractivity contribution in [2.24, 2.45) is 0 Å². The van der Waals surface area contributed by atoms with Crippen LogP contribution in [-0.4, -0.2) is 62.8 Å². The third-order valence-electron chi connectivity index (χ3n) is 5.92. The molecular weight excluding hydrogens is 416 g/mol. The summed E-state index contributed by atoms with van der Waals surface area (Å²) in [4.78, 5) is 16.5. The van der Waals surface area contributed by atoms with E-state index in [0.717, 1.165) is 41.7 Å². The van der Waals surface area contributed by atoms with Gasteiger partial charge in [0.2, 0.25) is 0 Å². The predicted octanol–water partition coefficient (Wildman–Crippen LogP) is 4.17. The van der Waals surface area contributed by atoms with E-state index in [1.54, 1.807) is 14.2 Å². The first-order valence-electron chi connectivity index (χ1n) is 10.5. The molecule has 0 amide bonds. The highest BCUT2D eigenvalue weighted by molar-refractivity contribution is 6.30. The van der Waals surface area contributed by atoms with Crippen LogP contribution in [-0.2, 0) is 16.1 Å². The fraction of sp³-hybridized carbons (Fsp3) is 0.458. The van der Waals surface area contributed by atoms with Crippen LogP contribution in [0.15, 0.2) is 42.5 Å². The van der Waals surface area contributed by atoms with Crippen molar-refractivity contribution >= 4 is 17.6 Å². The molecule has 0 unspecified atom stereocenters. The first kappa shape index (κ1) is 23.4. The van der Waals surface area contributed by atoms with Gasteiger partial charge in [-0.2, -0.15) is 0 Å². The smallest absolute Gasteiger partial charge is 0.306 e. The van der Waals surface area contributed by atoms with Crippen LogP contribution in [0.1, 0.15) is 30.5 Å². The lowest BCUT2D eigenvalue weighted by Crippen LogP contribution is -2.53. The van der Waals surface area contributed by atoms with Gasteiger partial charge in [-0.05, 0) is 30.7 Å². The summed E-state index contributed by atoms with van der Waals surface area (Å²) in [7, 11) is 4.77. The number of hydrogen-bond acceptors (Lipinski definition) is 6. The zero-order valence-electron chi connectivity index (χ0n) is 18.6. The Kier molecular flexibility index (Phi) is 8.18. The molecule has 2 aromatic carbocycles.